The van der Waals surface area contributed by atoms with Gasteiger partial charge in [-0.2, -0.15) is 0 Å². The maximum Gasteiger partial charge on any atom is 0.261 e. The molecule has 0 spiro atoms. The number of fused-ring (bicyclic) bond motifs is 1. The van der Waals surface area contributed by atoms with Gasteiger partial charge < -0.3 is 4.98 Å². The molecule has 0 saturated heterocycles. The zero-order chi connectivity index (χ0) is 22.3. The van der Waals surface area contributed by atoms with Crippen LogP contribution in [0.15, 0.2) is 71.8 Å². The Bertz CT molecular complexity index is 1410. The van der Waals surface area contributed by atoms with E-state index in [1.54, 1.807) is 35.4 Å². The molecule has 4 aromatic rings. The molecule has 2 aromatic heterocycles. The number of nitrogens with zero attached hydrogens (tertiary/aromatic N) is 2. The minimum absolute atomic E-state index is 0.0934. The molecule has 7 nitrogen and oxygen atoms in total. The van der Waals surface area contributed by atoms with Gasteiger partial charge in [-0.25, -0.2) is 13.4 Å². The summed E-state index contributed by atoms with van der Waals surface area (Å²) in [5, 5.41) is 1.27. The Morgan fingerprint density at radius 3 is 2.56 bits per heavy atom. The second kappa shape index (κ2) is 7.96. The lowest BCUT2D eigenvalue weighted by Gasteiger charge is -2.17. The maximum absolute atomic E-state index is 12.7. The first-order chi connectivity index (χ1) is 15.4. The van der Waals surface area contributed by atoms with E-state index in [1.807, 2.05) is 24.3 Å². The Balaban J connectivity index is 1.47. The first kappa shape index (κ1) is 20.5. The van der Waals surface area contributed by atoms with Crippen LogP contribution in [0.1, 0.15) is 12.8 Å². The lowest BCUT2D eigenvalue weighted by molar-refractivity contribution is -0.107. The number of carbonyl (C=O) groups is 1. The van der Waals surface area contributed by atoms with Crippen molar-refractivity contribution in [2.75, 3.05) is 9.62 Å². The Morgan fingerprint density at radius 2 is 1.88 bits per heavy atom. The van der Waals surface area contributed by atoms with Crippen LogP contribution in [0.2, 0.25) is 5.02 Å². The van der Waals surface area contributed by atoms with Crippen LogP contribution in [0.25, 0.3) is 22.2 Å². The molecule has 0 bridgehead atoms. The number of pyridine rings is 1. The molecule has 9 heteroatoms. The van der Waals surface area contributed by atoms with E-state index in [-0.39, 0.29) is 10.9 Å². The van der Waals surface area contributed by atoms with Crippen LogP contribution in [0.4, 0.5) is 11.5 Å². The summed E-state index contributed by atoms with van der Waals surface area (Å²) in [7, 11) is -3.76. The summed E-state index contributed by atoms with van der Waals surface area (Å²) in [5.41, 5.74) is 2.91. The SMILES string of the molecule is O=CN(c1cc(-c2ccc(NS(=O)(=O)c3cccc(Cl)c3)cc2)c2cc[nH]c2n1)C1CC1. The average molecular weight is 467 g/mol. The Hall–Kier alpha value is -3.36. The fraction of sp³-hybridized carbons (Fsp3) is 0.130. The van der Waals surface area contributed by atoms with Gasteiger partial charge in [0.15, 0.2) is 0 Å². The summed E-state index contributed by atoms with van der Waals surface area (Å²) in [6.07, 6.45) is 4.58. The van der Waals surface area contributed by atoms with Crippen molar-refractivity contribution in [3.8, 4) is 11.1 Å². The molecule has 1 aliphatic rings. The van der Waals surface area contributed by atoms with E-state index in [0.29, 0.717) is 22.2 Å². The summed E-state index contributed by atoms with van der Waals surface area (Å²) < 4.78 is 27.9. The molecule has 2 N–H and O–H groups in total. The highest BCUT2D eigenvalue weighted by atomic mass is 35.5. The molecule has 1 aliphatic carbocycles. The van der Waals surface area contributed by atoms with Crippen molar-refractivity contribution in [3.63, 3.8) is 0 Å². The lowest BCUT2D eigenvalue weighted by Crippen LogP contribution is -2.24. The number of carbonyl (C=O) groups excluding carboxylic acids is 1. The van der Waals surface area contributed by atoms with E-state index in [9.17, 15) is 13.2 Å². The number of halogens is 1. The molecular weight excluding hydrogens is 448 g/mol. The number of anilines is 2. The van der Waals surface area contributed by atoms with Crippen molar-refractivity contribution in [3.05, 3.63) is 71.9 Å². The highest BCUT2D eigenvalue weighted by molar-refractivity contribution is 7.92. The van der Waals surface area contributed by atoms with Gasteiger partial charge in [-0.1, -0.05) is 29.8 Å². The largest absolute Gasteiger partial charge is 0.346 e. The van der Waals surface area contributed by atoms with Crippen molar-refractivity contribution in [2.45, 2.75) is 23.8 Å². The Labute approximate surface area is 190 Å². The zero-order valence-corrected chi connectivity index (χ0v) is 18.4. The van der Waals surface area contributed by atoms with Crippen LogP contribution >= 0.6 is 11.6 Å². The molecule has 0 radical (unpaired) electrons. The van der Waals surface area contributed by atoms with Crippen LogP contribution in [-0.4, -0.2) is 30.8 Å². The summed E-state index contributed by atoms with van der Waals surface area (Å²) >= 11 is 5.92. The van der Waals surface area contributed by atoms with Crippen molar-refractivity contribution in [1.82, 2.24) is 9.97 Å². The summed E-state index contributed by atoms with van der Waals surface area (Å²) in [6.45, 7) is 0. The average Bonchev–Trinajstić information content (AvgIpc) is 3.50. The van der Waals surface area contributed by atoms with Gasteiger partial charge >= 0.3 is 0 Å². The molecule has 32 heavy (non-hydrogen) atoms. The van der Waals surface area contributed by atoms with E-state index < -0.39 is 10.0 Å². The normalized spacial score (nSPS) is 13.8. The number of sulfonamides is 1. The Kier molecular flexibility index (Phi) is 5.11. The molecule has 1 saturated carbocycles. The van der Waals surface area contributed by atoms with Gasteiger partial charge in [0, 0.05) is 28.3 Å². The van der Waals surface area contributed by atoms with Gasteiger partial charge in [0.25, 0.3) is 10.0 Å². The first-order valence-electron chi connectivity index (χ1n) is 10.1. The fourth-order valence-electron chi connectivity index (χ4n) is 3.64. The van der Waals surface area contributed by atoms with E-state index >= 15 is 0 Å². The van der Waals surface area contributed by atoms with Crippen LogP contribution in [0.5, 0.6) is 0 Å². The summed E-state index contributed by atoms with van der Waals surface area (Å²) in [5.74, 6) is 0.596. The monoisotopic (exact) mass is 466 g/mol. The molecule has 0 atom stereocenters. The molecule has 2 aromatic carbocycles. The van der Waals surface area contributed by atoms with E-state index in [0.717, 1.165) is 35.8 Å². The third-order valence-corrected chi connectivity index (χ3v) is 7.00. The zero-order valence-electron chi connectivity index (χ0n) is 16.8. The van der Waals surface area contributed by atoms with Gasteiger partial charge in [0.2, 0.25) is 6.41 Å². The van der Waals surface area contributed by atoms with Gasteiger partial charge in [-0.15, -0.1) is 0 Å². The van der Waals surface area contributed by atoms with E-state index in [4.69, 9.17) is 11.6 Å². The van der Waals surface area contributed by atoms with E-state index in [1.165, 1.54) is 12.1 Å². The molecule has 5 rings (SSSR count). The minimum atomic E-state index is -3.76. The molecule has 162 valence electrons. The quantitative estimate of drug-likeness (QED) is 0.382. The minimum Gasteiger partial charge on any atom is -0.346 e. The van der Waals surface area contributed by atoms with Crippen molar-refractivity contribution in [2.24, 2.45) is 0 Å². The number of H-pyrrole nitrogens is 1. The summed E-state index contributed by atoms with van der Waals surface area (Å²) in [4.78, 5) is 21.1. The number of hydrogen-bond donors (Lipinski definition) is 2. The number of rotatable bonds is 7. The maximum atomic E-state index is 12.7. The number of aromatic nitrogens is 2. The fourth-order valence-corrected chi connectivity index (χ4v) is 5.00. The predicted molar refractivity (Wildman–Crippen MR) is 125 cm³/mol. The highest BCUT2D eigenvalue weighted by Crippen LogP contribution is 2.35. The second-order valence-electron chi connectivity index (χ2n) is 7.65. The highest BCUT2D eigenvalue weighted by Gasteiger charge is 2.30. The third-order valence-electron chi connectivity index (χ3n) is 5.39. The molecule has 1 amide bonds. The smallest absolute Gasteiger partial charge is 0.261 e. The van der Waals surface area contributed by atoms with Crippen molar-refractivity contribution < 1.29 is 13.2 Å². The first-order valence-corrected chi connectivity index (χ1v) is 11.9. The van der Waals surface area contributed by atoms with Gasteiger partial charge in [0.1, 0.15) is 11.5 Å². The van der Waals surface area contributed by atoms with Crippen LogP contribution < -0.4 is 9.62 Å². The van der Waals surface area contributed by atoms with Gasteiger partial charge in [-0.3, -0.25) is 14.4 Å². The standard InChI is InChI=1S/C23H19ClN4O3S/c24-16-2-1-3-19(12-16)32(30,31)27-17-6-4-15(5-7-17)21-13-22(28(14-29)18-8-9-18)26-23-20(21)10-11-25-23/h1-7,10-14,18,27H,8-9H2,(H,25,26). The number of benzene rings is 2. The second-order valence-corrected chi connectivity index (χ2v) is 9.77. The Morgan fingerprint density at radius 1 is 1.09 bits per heavy atom. The van der Waals surface area contributed by atoms with Crippen LogP contribution in [-0.2, 0) is 14.8 Å². The number of amides is 1. The van der Waals surface area contributed by atoms with Crippen LogP contribution in [0, 0.1) is 0 Å². The van der Waals surface area contributed by atoms with Gasteiger partial charge in [0.05, 0.1) is 4.90 Å². The van der Waals surface area contributed by atoms with E-state index in [2.05, 4.69) is 14.7 Å². The molecule has 0 unspecified atom stereocenters. The molecule has 0 aliphatic heterocycles. The lowest BCUT2D eigenvalue weighted by atomic mass is 10.0. The van der Waals surface area contributed by atoms with Crippen molar-refractivity contribution >= 4 is 50.6 Å². The molecule has 1 fully saturated rings. The number of nitrogens with one attached hydrogen (secondary N) is 2. The number of aromatic amines is 1. The van der Waals surface area contributed by atoms with Crippen molar-refractivity contribution in [1.29, 1.82) is 0 Å². The molecule has 2 heterocycles. The van der Waals surface area contributed by atoms with Crippen LogP contribution in [0.3, 0.4) is 0 Å². The van der Waals surface area contributed by atoms with Gasteiger partial charge in [-0.05, 0) is 66.4 Å². The molecular formula is C23H19ClN4O3S. The predicted octanol–water partition coefficient (Wildman–Crippen LogP) is 4.81. The topological polar surface area (TPSA) is 95.2 Å². The summed E-state index contributed by atoms with van der Waals surface area (Å²) in [6, 6.07) is 17.2. The third kappa shape index (κ3) is 3.94. The number of hydrogen-bond acceptors (Lipinski definition) is 4.